The molecule has 178 valence electrons. The molecule has 0 saturated carbocycles. The van der Waals surface area contributed by atoms with Gasteiger partial charge in [-0.05, 0) is 48.0 Å². The third kappa shape index (κ3) is 4.21. The zero-order valence-corrected chi connectivity index (χ0v) is 19.3. The summed E-state index contributed by atoms with van der Waals surface area (Å²) in [6.07, 6.45) is 0. The Labute approximate surface area is 202 Å². The molecule has 1 fully saturated rings. The van der Waals surface area contributed by atoms with Gasteiger partial charge in [-0.2, -0.15) is 0 Å². The van der Waals surface area contributed by atoms with Crippen LogP contribution in [0.1, 0.15) is 27.5 Å². The lowest BCUT2D eigenvalue weighted by Gasteiger charge is -2.26. The summed E-state index contributed by atoms with van der Waals surface area (Å²) >= 11 is 0. The molecular formula is C27H23NO7. The monoisotopic (exact) mass is 473 g/mol. The number of anilines is 1. The minimum absolute atomic E-state index is 0.104. The van der Waals surface area contributed by atoms with E-state index in [1.54, 1.807) is 66.7 Å². The number of ketones is 1. The zero-order valence-electron chi connectivity index (χ0n) is 19.3. The van der Waals surface area contributed by atoms with Crippen LogP contribution in [-0.2, 0) is 14.3 Å². The Balaban J connectivity index is 1.95. The van der Waals surface area contributed by atoms with E-state index in [0.717, 1.165) is 0 Å². The summed E-state index contributed by atoms with van der Waals surface area (Å²) in [5.41, 5.74) is 1.24. The van der Waals surface area contributed by atoms with Gasteiger partial charge in [0.05, 0.1) is 44.1 Å². The van der Waals surface area contributed by atoms with Gasteiger partial charge in [0.1, 0.15) is 17.3 Å². The molecule has 1 amide bonds. The summed E-state index contributed by atoms with van der Waals surface area (Å²) in [5.74, 6) is -1.73. The van der Waals surface area contributed by atoms with Crippen LogP contribution in [0.2, 0.25) is 0 Å². The number of aliphatic hydroxyl groups is 1. The SMILES string of the molecule is COC(=O)c1cccc(N2C(=O)C(=O)/C(=C(/O)c3ccccc3OC)C2c2ccc(OC)cc2)c1. The first-order chi connectivity index (χ1) is 16.9. The lowest BCUT2D eigenvalue weighted by molar-refractivity contribution is -0.132. The molecule has 8 nitrogen and oxygen atoms in total. The molecule has 1 N–H and O–H groups in total. The number of carbonyl (C=O) groups is 3. The molecule has 3 aromatic carbocycles. The number of para-hydroxylation sites is 1. The van der Waals surface area contributed by atoms with Gasteiger partial charge < -0.3 is 19.3 Å². The number of hydrogen-bond donors (Lipinski definition) is 1. The van der Waals surface area contributed by atoms with Crippen LogP contribution >= 0.6 is 0 Å². The van der Waals surface area contributed by atoms with Crippen molar-refractivity contribution >= 4 is 29.1 Å². The maximum atomic E-state index is 13.3. The van der Waals surface area contributed by atoms with Crippen molar-refractivity contribution in [2.24, 2.45) is 0 Å². The second kappa shape index (κ2) is 9.72. The molecule has 8 heteroatoms. The molecule has 0 aliphatic carbocycles. The number of carbonyl (C=O) groups excluding carboxylic acids is 3. The highest BCUT2D eigenvalue weighted by atomic mass is 16.5. The van der Waals surface area contributed by atoms with Crippen LogP contribution in [0, 0.1) is 0 Å². The minimum atomic E-state index is -0.973. The summed E-state index contributed by atoms with van der Waals surface area (Å²) in [6, 6.07) is 18.7. The Morgan fingerprint density at radius 3 is 2.26 bits per heavy atom. The topological polar surface area (TPSA) is 102 Å². The number of methoxy groups -OCH3 is 3. The van der Waals surface area contributed by atoms with Gasteiger partial charge in [0.25, 0.3) is 11.7 Å². The molecule has 1 saturated heterocycles. The van der Waals surface area contributed by atoms with E-state index in [1.807, 2.05) is 0 Å². The number of aliphatic hydroxyl groups excluding tert-OH is 1. The Hall–Kier alpha value is -4.59. The molecule has 1 heterocycles. The first kappa shape index (κ1) is 23.6. The maximum Gasteiger partial charge on any atom is 0.337 e. The van der Waals surface area contributed by atoms with E-state index >= 15 is 0 Å². The average Bonchev–Trinajstić information content (AvgIpc) is 3.17. The van der Waals surface area contributed by atoms with Gasteiger partial charge in [-0.3, -0.25) is 14.5 Å². The second-order valence-corrected chi connectivity index (χ2v) is 7.68. The van der Waals surface area contributed by atoms with Crippen LogP contribution in [-0.4, -0.2) is 44.1 Å². The van der Waals surface area contributed by atoms with Crippen molar-refractivity contribution < 1.29 is 33.7 Å². The third-order valence-electron chi connectivity index (χ3n) is 5.78. The van der Waals surface area contributed by atoms with Crippen LogP contribution in [0.15, 0.2) is 78.4 Å². The third-order valence-corrected chi connectivity index (χ3v) is 5.78. The Kier molecular flexibility index (Phi) is 6.55. The number of Topliss-reactive ketones (excluding diaryl/α,β-unsaturated/α-hetero) is 1. The Bertz CT molecular complexity index is 1330. The quantitative estimate of drug-likeness (QED) is 0.249. The highest BCUT2D eigenvalue weighted by molar-refractivity contribution is 6.51. The highest BCUT2D eigenvalue weighted by Crippen LogP contribution is 2.43. The molecule has 0 radical (unpaired) electrons. The molecule has 4 rings (SSSR count). The summed E-state index contributed by atoms with van der Waals surface area (Å²) in [5, 5.41) is 11.3. The number of rotatable bonds is 6. The number of amides is 1. The van der Waals surface area contributed by atoms with Gasteiger partial charge in [0.15, 0.2) is 0 Å². The average molecular weight is 473 g/mol. The smallest absolute Gasteiger partial charge is 0.337 e. The molecule has 1 atom stereocenters. The van der Waals surface area contributed by atoms with E-state index < -0.39 is 23.7 Å². The maximum absolute atomic E-state index is 13.3. The van der Waals surface area contributed by atoms with Gasteiger partial charge in [0.2, 0.25) is 0 Å². The first-order valence-electron chi connectivity index (χ1n) is 10.7. The number of hydrogen-bond acceptors (Lipinski definition) is 7. The largest absolute Gasteiger partial charge is 0.507 e. The van der Waals surface area contributed by atoms with E-state index in [4.69, 9.17) is 14.2 Å². The predicted molar refractivity (Wildman–Crippen MR) is 129 cm³/mol. The molecule has 35 heavy (non-hydrogen) atoms. The fraction of sp³-hybridized carbons (Fsp3) is 0.148. The number of esters is 1. The van der Waals surface area contributed by atoms with Crippen molar-refractivity contribution in [3.63, 3.8) is 0 Å². The highest BCUT2D eigenvalue weighted by Gasteiger charge is 2.47. The molecule has 0 bridgehead atoms. The van der Waals surface area contributed by atoms with Gasteiger partial charge in [0, 0.05) is 5.69 Å². The minimum Gasteiger partial charge on any atom is -0.507 e. The molecular weight excluding hydrogens is 450 g/mol. The van der Waals surface area contributed by atoms with Crippen LogP contribution in [0.5, 0.6) is 11.5 Å². The van der Waals surface area contributed by atoms with Crippen molar-refractivity contribution in [1.82, 2.24) is 0 Å². The van der Waals surface area contributed by atoms with Gasteiger partial charge in [-0.1, -0.05) is 30.3 Å². The fourth-order valence-electron chi connectivity index (χ4n) is 4.09. The van der Waals surface area contributed by atoms with E-state index in [-0.39, 0.29) is 22.5 Å². The van der Waals surface area contributed by atoms with Crippen molar-refractivity contribution in [3.05, 3.63) is 95.1 Å². The summed E-state index contributed by atoms with van der Waals surface area (Å²) in [6.45, 7) is 0. The number of ether oxygens (including phenoxy) is 3. The van der Waals surface area contributed by atoms with E-state index in [0.29, 0.717) is 22.7 Å². The van der Waals surface area contributed by atoms with Gasteiger partial charge in [-0.15, -0.1) is 0 Å². The van der Waals surface area contributed by atoms with Gasteiger partial charge in [-0.25, -0.2) is 4.79 Å². The van der Waals surface area contributed by atoms with Gasteiger partial charge >= 0.3 is 5.97 Å². The molecule has 0 spiro atoms. The number of nitrogens with zero attached hydrogens (tertiary/aromatic N) is 1. The molecule has 1 unspecified atom stereocenters. The normalized spacial score (nSPS) is 16.8. The van der Waals surface area contributed by atoms with Crippen LogP contribution in [0.4, 0.5) is 5.69 Å². The Morgan fingerprint density at radius 1 is 0.886 bits per heavy atom. The van der Waals surface area contributed by atoms with Crippen molar-refractivity contribution in [2.75, 3.05) is 26.2 Å². The van der Waals surface area contributed by atoms with E-state index in [1.165, 1.54) is 32.3 Å². The molecule has 1 aliphatic heterocycles. The first-order valence-corrected chi connectivity index (χ1v) is 10.7. The lowest BCUT2D eigenvalue weighted by atomic mass is 9.94. The van der Waals surface area contributed by atoms with Crippen molar-refractivity contribution in [1.29, 1.82) is 0 Å². The molecule has 1 aliphatic rings. The summed E-state index contributed by atoms with van der Waals surface area (Å²) in [7, 11) is 4.23. The fourth-order valence-corrected chi connectivity index (χ4v) is 4.09. The van der Waals surface area contributed by atoms with Crippen LogP contribution in [0.25, 0.3) is 5.76 Å². The Morgan fingerprint density at radius 2 is 1.60 bits per heavy atom. The summed E-state index contributed by atoms with van der Waals surface area (Å²) in [4.78, 5) is 40.0. The molecule has 3 aromatic rings. The molecule has 0 aromatic heterocycles. The van der Waals surface area contributed by atoms with E-state index in [9.17, 15) is 19.5 Å². The summed E-state index contributed by atoms with van der Waals surface area (Å²) < 4.78 is 15.4. The standard InChI is InChI=1S/C27H23NO7/c1-33-19-13-11-16(12-14-19)23-22(24(29)20-9-4-5-10-21(20)34-2)25(30)26(31)28(23)18-8-6-7-17(15-18)27(32)35-3/h4-15,23,29H,1-3H3/b24-22+. The predicted octanol–water partition coefficient (Wildman–Crippen LogP) is 4.12. The second-order valence-electron chi connectivity index (χ2n) is 7.68. The van der Waals surface area contributed by atoms with Crippen LogP contribution in [0.3, 0.4) is 0 Å². The van der Waals surface area contributed by atoms with E-state index in [2.05, 4.69) is 0 Å². The van der Waals surface area contributed by atoms with Crippen molar-refractivity contribution in [2.45, 2.75) is 6.04 Å². The van der Waals surface area contributed by atoms with Crippen LogP contribution < -0.4 is 14.4 Å². The van der Waals surface area contributed by atoms with Crippen molar-refractivity contribution in [3.8, 4) is 11.5 Å². The number of benzene rings is 3. The zero-order chi connectivity index (χ0) is 25.1. The lowest BCUT2D eigenvalue weighted by Crippen LogP contribution is -2.29.